The number of carbonyl (C=O) groups is 3. The van der Waals surface area contributed by atoms with Crippen LogP contribution in [0.3, 0.4) is 0 Å². The van der Waals surface area contributed by atoms with Gasteiger partial charge in [0.05, 0.1) is 10.4 Å². The van der Waals surface area contributed by atoms with Crippen LogP contribution in [-0.4, -0.2) is 28.1 Å². The lowest BCUT2D eigenvalue weighted by Crippen LogP contribution is -2.35. The number of halogens is 2. The van der Waals surface area contributed by atoms with Gasteiger partial charge in [-0.1, -0.05) is 35.3 Å². The molecule has 1 heterocycles. The van der Waals surface area contributed by atoms with E-state index in [1.165, 1.54) is 31.2 Å². The number of carboxylic acids is 2. The zero-order chi connectivity index (χ0) is 21.3. The molecule has 2 aromatic rings. The number of nitrogens with zero attached hydrogens (tertiary/aromatic N) is 1. The van der Waals surface area contributed by atoms with Crippen molar-refractivity contribution in [3.8, 4) is 0 Å². The molecule has 1 unspecified atom stereocenters. The maximum absolute atomic E-state index is 12.5. The zero-order valence-electron chi connectivity index (χ0n) is 14.9. The SMILES string of the molecule is CC(=O)Nc1cccc(C2(C(=O)O)N=c3cc(Cl)cc(Cl)c3=C2C=CC(=O)O)c1. The summed E-state index contributed by atoms with van der Waals surface area (Å²) in [6, 6.07) is 9.04. The molecule has 7 nitrogen and oxygen atoms in total. The summed E-state index contributed by atoms with van der Waals surface area (Å²) < 4.78 is 0. The molecule has 1 atom stereocenters. The van der Waals surface area contributed by atoms with Crippen molar-refractivity contribution in [1.82, 2.24) is 0 Å². The van der Waals surface area contributed by atoms with Crippen LogP contribution >= 0.6 is 23.2 Å². The van der Waals surface area contributed by atoms with Crippen LogP contribution in [0.5, 0.6) is 0 Å². The van der Waals surface area contributed by atoms with Gasteiger partial charge in [0.1, 0.15) is 0 Å². The van der Waals surface area contributed by atoms with Crippen molar-refractivity contribution in [2.45, 2.75) is 12.5 Å². The van der Waals surface area contributed by atoms with Gasteiger partial charge in [-0.15, -0.1) is 0 Å². The Bertz CT molecular complexity index is 1210. The summed E-state index contributed by atoms with van der Waals surface area (Å²) in [5.41, 5.74) is -1.32. The number of rotatable bonds is 5. The third kappa shape index (κ3) is 3.74. The van der Waals surface area contributed by atoms with Crippen molar-refractivity contribution in [3.63, 3.8) is 0 Å². The molecule has 3 rings (SSSR count). The standard InChI is InChI=1S/C20H14Cl2N2O5/c1-10(25)23-13-4-2-3-11(7-13)20(19(28)29)14(5-6-17(26)27)18-15(22)8-12(21)9-16(18)24-20/h2-9H,1H3,(H,23,25)(H,26,27)(H,28,29). The highest BCUT2D eigenvalue weighted by atomic mass is 35.5. The molecule has 3 N–H and O–H groups in total. The predicted molar refractivity (Wildman–Crippen MR) is 107 cm³/mol. The van der Waals surface area contributed by atoms with E-state index in [2.05, 4.69) is 10.3 Å². The van der Waals surface area contributed by atoms with Crippen molar-refractivity contribution in [3.05, 3.63) is 74.7 Å². The molecule has 0 aliphatic carbocycles. The number of fused-ring (bicyclic) bond motifs is 1. The first-order valence-corrected chi connectivity index (χ1v) is 9.03. The Labute approximate surface area is 174 Å². The molecule has 148 valence electrons. The molecule has 1 aliphatic rings. The van der Waals surface area contributed by atoms with Gasteiger partial charge in [-0.25, -0.2) is 9.59 Å². The summed E-state index contributed by atoms with van der Waals surface area (Å²) in [4.78, 5) is 39.4. The van der Waals surface area contributed by atoms with E-state index in [9.17, 15) is 19.5 Å². The summed E-state index contributed by atoms with van der Waals surface area (Å²) in [5, 5.41) is 22.8. The van der Waals surface area contributed by atoms with E-state index in [0.29, 0.717) is 5.69 Å². The lowest BCUT2D eigenvalue weighted by atomic mass is 9.82. The Balaban J connectivity index is 2.40. The number of anilines is 1. The van der Waals surface area contributed by atoms with E-state index in [4.69, 9.17) is 28.3 Å². The van der Waals surface area contributed by atoms with Crippen molar-refractivity contribution in [1.29, 1.82) is 0 Å². The summed E-state index contributed by atoms with van der Waals surface area (Å²) in [5.74, 6) is -2.93. The van der Waals surface area contributed by atoms with Gasteiger partial charge in [-0.2, -0.15) is 0 Å². The molecule has 1 aliphatic heterocycles. The fraction of sp³-hybridized carbons (Fsp3) is 0.100. The maximum Gasteiger partial charge on any atom is 0.341 e. The molecular weight excluding hydrogens is 419 g/mol. The fourth-order valence-corrected chi connectivity index (χ4v) is 3.81. The number of carboxylic acid groups (broad SMARTS) is 2. The Morgan fingerprint density at radius 3 is 2.48 bits per heavy atom. The Morgan fingerprint density at radius 1 is 1.14 bits per heavy atom. The van der Waals surface area contributed by atoms with E-state index in [1.807, 2.05) is 0 Å². The Morgan fingerprint density at radius 2 is 1.86 bits per heavy atom. The Kier molecular flexibility index (Phi) is 5.46. The highest BCUT2D eigenvalue weighted by molar-refractivity contribution is 6.34. The van der Waals surface area contributed by atoms with Crippen LogP contribution < -0.4 is 15.9 Å². The topological polar surface area (TPSA) is 116 Å². The molecule has 0 radical (unpaired) electrons. The Hall–Kier alpha value is -3.16. The van der Waals surface area contributed by atoms with E-state index < -0.39 is 17.5 Å². The average molecular weight is 433 g/mol. The third-order valence-electron chi connectivity index (χ3n) is 4.28. The molecule has 2 aromatic carbocycles. The van der Waals surface area contributed by atoms with E-state index in [0.717, 1.165) is 12.2 Å². The second-order valence-corrected chi connectivity index (χ2v) is 7.10. The zero-order valence-corrected chi connectivity index (χ0v) is 16.5. The number of nitrogens with one attached hydrogen (secondary N) is 1. The lowest BCUT2D eigenvalue weighted by molar-refractivity contribution is -0.141. The number of benzene rings is 2. The molecule has 29 heavy (non-hydrogen) atoms. The average Bonchev–Trinajstić information content (AvgIpc) is 2.95. The quantitative estimate of drug-likeness (QED) is 0.627. The minimum absolute atomic E-state index is 0.0732. The molecule has 0 bridgehead atoms. The summed E-state index contributed by atoms with van der Waals surface area (Å²) in [7, 11) is 0. The second kappa shape index (κ2) is 7.69. The van der Waals surface area contributed by atoms with E-state index in [-0.39, 0.29) is 37.7 Å². The smallest absolute Gasteiger partial charge is 0.341 e. The van der Waals surface area contributed by atoms with Crippen LogP contribution in [0.4, 0.5) is 5.69 Å². The summed E-state index contributed by atoms with van der Waals surface area (Å²) in [6.45, 7) is 1.32. The van der Waals surface area contributed by atoms with Gasteiger partial charge in [0.25, 0.3) is 0 Å². The molecule has 0 aromatic heterocycles. The first-order valence-electron chi connectivity index (χ1n) is 8.27. The van der Waals surface area contributed by atoms with Crippen LogP contribution in [0.25, 0.3) is 5.57 Å². The first-order chi connectivity index (χ1) is 13.6. The van der Waals surface area contributed by atoms with Crippen molar-refractivity contribution >= 4 is 52.3 Å². The molecule has 0 saturated heterocycles. The van der Waals surface area contributed by atoms with Crippen LogP contribution in [0.1, 0.15) is 12.5 Å². The van der Waals surface area contributed by atoms with Gasteiger partial charge in [0, 0.05) is 34.5 Å². The van der Waals surface area contributed by atoms with Crippen molar-refractivity contribution < 1.29 is 24.6 Å². The van der Waals surface area contributed by atoms with Gasteiger partial charge in [-0.3, -0.25) is 9.79 Å². The molecule has 0 saturated carbocycles. The van der Waals surface area contributed by atoms with Crippen molar-refractivity contribution in [2.75, 3.05) is 5.32 Å². The molecule has 9 heteroatoms. The largest absolute Gasteiger partial charge is 0.479 e. The molecule has 0 spiro atoms. The molecule has 0 fully saturated rings. The number of aliphatic carboxylic acids is 2. The van der Waals surface area contributed by atoms with E-state index in [1.54, 1.807) is 12.1 Å². The van der Waals surface area contributed by atoms with Crippen LogP contribution in [-0.2, 0) is 19.9 Å². The van der Waals surface area contributed by atoms with E-state index >= 15 is 0 Å². The summed E-state index contributed by atoms with van der Waals surface area (Å²) >= 11 is 12.4. The minimum Gasteiger partial charge on any atom is -0.479 e. The van der Waals surface area contributed by atoms with Gasteiger partial charge in [0.15, 0.2) is 0 Å². The number of carbonyl (C=O) groups excluding carboxylic acids is 1. The highest BCUT2D eigenvalue weighted by Crippen LogP contribution is 2.38. The lowest BCUT2D eigenvalue weighted by Gasteiger charge is -2.25. The van der Waals surface area contributed by atoms with Gasteiger partial charge in [-0.05, 0) is 35.9 Å². The third-order valence-corrected chi connectivity index (χ3v) is 4.80. The van der Waals surface area contributed by atoms with Crippen LogP contribution in [0.2, 0.25) is 10.0 Å². The normalized spacial score (nSPS) is 17.7. The highest BCUT2D eigenvalue weighted by Gasteiger charge is 2.46. The number of amides is 1. The van der Waals surface area contributed by atoms with Gasteiger partial charge in [0.2, 0.25) is 11.4 Å². The van der Waals surface area contributed by atoms with Crippen LogP contribution in [0, 0.1) is 0 Å². The molecule has 1 amide bonds. The first kappa shape index (κ1) is 20.6. The molecular formula is C20H14Cl2N2O5. The van der Waals surface area contributed by atoms with Gasteiger partial charge < -0.3 is 15.5 Å². The predicted octanol–water partition coefficient (Wildman–Crippen LogP) is 2.36. The van der Waals surface area contributed by atoms with Crippen molar-refractivity contribution in [2.24, 2.45) is 4.99 Å². The van der Waals surface area contributed by atoms with Gasteiger partial charge >= 0.3 is 11.9 Å². The minimum atomic E-state index is -1.98. The maximum atomic E-state index is 12.5. The monoisotopic (exact) mass is 432 g/mol. The van der Waals surface area contributed by atoms with Crippen LogP contribution in [0.15, 0.2) is 53.5 Å². The summed E-state index contributed by atoms with van der Waals surface area (Å²) in [6.07, 6.45) is 1.98. The fourth-order valence-electron chi connectivity index (χ4n) is 3.23. The number of hydrogen-bond donors (Lipinski definition) is 3. The number of hydrogen-bond acceptors (Lipinski definition) is 4. The second-order valence-electron chi connectivity index (χ2n) is 6.26.